The van der Waals surface area contributed by atoms with Gasteiger partial charge in [0.2, 0.25) is 0 Å². The van der Waals surface area contributed by atoms with Gasteiger partial charge in [-0.2, -0.15) is 0 Å². The molecule has 0 saturated carbocycles. The zero-order valence-corrected chi connectivity index (χ0v) is 14.9. The Kier molecular flexibility index (Phi) is 13.1. The predicted octanol–water partition coefficient (Wildman–Crippen LogP) is 4.23. The van der Waals surface area contributed by atoms with Crippen molar-refractivity contribution < 1.29 is 18.9 Å². The van der Waals surface area contributed by atoms with Crippen LogP contribution in [0.4, 0.5) is 0 Å². The first-order valence-corrected chi connectivity index (χ1v) is 8.08. The zero-order chi connectivity index (χ0) is 16.8. The number of hydrogen-bond acceptors (Lipinski definition) is 4. The number of ether oxygens (including phenoxy) is 4. The van der Waals surface area contributed by atoms with E-state index in [1.807, 2.05) is 65.8 Å². The maximum Gasteiger partial charge on any atom is 0.179 e. The van der Waals surface area contributed by atoms with Crippen molar-refractivity contribution in [2.75, 3.05) is 26.4 Å². The van der Waals surface area contributed by atoms with Crippen LogP contribution in [0.3, 0.4) is 0 Å². The van der Waals surface area contributed by atoms with E-state index < -0.39 is 0 Å². The molecule has 0 radical (unpaired) electrons. The summed E-state index contributed by atoms with van der Waals surface area (Å²) < 4.78 is 22.2. The number of rotatable bonds is 12. The molecule has 4 nitrogen and oxygen atoms in total. The topological polar surface area (TPSA) is 36.9 Å². The maximum absolute atomic E-state index is 5.54. The molecule has 128 valence electrons. The average molecular weight is 312 g/mol. The molecule has 0 unspecified atom stereocenters. The van der Waals surface area contributed by atoms with E-state index in [1.54, 1.807) is 0 Å². The summed E-state index contributed by atoms with van der Waals surface area (Å²) in [5, 5.41) is 0. The molecule has 0 aliphatic carbocycles. The molecule has 0 aromatic heterocycles. The van der Waals surface area contributed by atoms with E-state index in [-0.39, 0.29) is 12.6 Å². The van der Waals surface area contributed by atoms with E-state index in [0.29, 0.717) is 26.4 Å². The summed E-state index contributed by atoms with van der Waals surface area (Å²) in [4.78, 5) is 0. The number of hydrogen-bond donors (Lipinski definition) is 0. The Labute approximate surface area is 135 Å². The van der Waals surface area contributed by atoms with Crippen molar-refractivity contribution in [1.82, 2.24) is 0 Å². The van der Waals surface area contributed by atoms with Crippen molar-refractivity contribution in [3.05, 3.63) is 35.5 Å². The summed E-state index contributed by atoms with van der Waals surface area (Å²) in [6.07, 6.45) is 7.39. The second-order valence-corrected chi connectivity index (χ2v) is 4.69. The van der Waals surface area contributed by atoms with Crippen molar-refractivity contribution >= 4 is 0 Å². The van der Waals surface area contributed by atoms with Gasteiger partial charge in [0.25, 0.3) is 0 Å². The van der Waals surface area contributed by atoms with Gasteiger partial charge in [0.1, 0.15) is 0 Å². The Balaban J connectivity index is 4.66. The molecule has 0 aromatic carbocycles. The van der Waals surface area contributed by atoms with Crippen LogP contribution in [0.2, 0.25) is 0 Å². The van der Waals surface area contributed by atoms with Crippen LogP contribution in [0.1, 0.15) is 41.5 Å². The fraction of sp³-hybridized carbons (Fsp3) is 0.667. The van der Waals surface area contributed by atoms with Gasteiger partial charge in [0.05, 0.1) is 0 Å². The van der Waals surface area contributed by atoms with E-state index in [4.69, 9.17) is 18.9 Å². The van der Waals surface area contributed by atoms with E-state index in [2.05, 4.69) is 0 Å². The lowest BCUT2D eigenvalue weighted by Gasteiger charge is -2.17. The molecule has 0 rings (SSSR count). The van der Waals surface area contributed by atoms with E-state index in [0.717, 1.165) is 11.1 Å². The van der Waals surface area contributed by atoms with Gasteiger partial charge in [0, 0.05) is 26.4 Å². The normalized spacial score (nSPS) is 13.8. The lowest BCUT2D eigenvalue weighted by molar-refractivity contribution is -0.111. The average Bonchev–Trinajstić information content (AvgIpc) is 2.50. The molecule has 4 heteroatoms. The highest BCUT2D eigenvalue weighted by Crippen LogP contribution is 2.10. The largest absolute Gasteiger partial charge is 0.349 e. The Morgan fingerprint density at radius 2 is 0.909 bits per heavy atom. The Morgan fingerprint density at radius 1 is 0.636 bits per heavy atom. The minimum absolute atomic E-state index is 0.274. The van der Waals surface area contributed by atoms with Gasteiger partial charge in [-0.25, -0.2) is 0 Å². The van der Waals surface area contributed by atoms with Crippen molar-refractivity contribution in [2.45, 2.75) is 54.1 Å². The SMILES string of the molecule is CCOC(OCC)/C(C)=C/C=C/C=C(\C)C(OCC)OCC. The summed E-state index contributed by atoms with van der Waals surface area (Å²) in [5.41, 5.74) is 2.08. The van der Waals surface area contributed by atoms with Gasteiger partial charge in [-0.05, 0) is 52.7 Å². The highest BCUT2D eigenvalue weighted by Gasteiger charge is 2.09. The molecule has 0 bridgehead atoms. The van der Waals surface area contributed by atoms with Gasteiger partial charge >= 0.3 is 0 Å². The summed E-state index contributed by atoms with van der Waals surface area (Å²) in [6.45, 7) is 14.4. The van der Waals surface area contributed by atoms with Crippen LogP contribution in [-0.2, 0) is 18.9 Å². The highest BCUT2D eigenvalue weighted by molar-refractivity contribution is 5.20. The summed E-state index contributed by atoms with van der Waals surface area (Å²) >= 11 is 0. The second-order valence-electron chi connectivity index (χ2n) is 4.69. The molecule has 0 amide bonds. The molecular weight excluding hydrogens is 280 g/mol. The molecule has 0 fully saturated rings. The molecular formula is C18H32O4. The highest BCUT2D eigenvalue weighted by atomic mass is 16.7. The predicted molar refractivity (Wildman–Crippen MR) is 90.7 cm³/mol. The first-order valence-electron chi connectivity index (χ1n) is 8.08. The van der Waals surface area contributed by atoms with E-state index in [1.165, 1.54) is 0 Å². The molecule has 0 heterocycles. The molecule has 0 spiro atoms. The van der Waals surface area contributed by atoms with Crippen LogP contribution >= 0.6 is 0 Å². The minimum atomic E-state index is -0.274. The molecule has 0 aromatic rings. The molecule has 0 aliphatic rings. The lowest BCUT2D eigenvalue weighted by atomic mass is 10.2. The number of allylic oxidation sites excluding steroid dienone is 4. The third-order valence-corrected chi connectivity index (χ3v) is 2.85. The van der Waals surface area contributed by atoms with E-state index in [9.17, 15) is 0 Å². The van der Waals surface area contributed by atoms with Crippen molar-refractivity contribution in [2.24, 2.45) is 0 Å². The summed E-state index contributed by atoms with van der Waals surface area (Å²) in [6, 6.07) is 0. The molecule has 0 saturated heterocycles. The first kappa shape index (κ1) is 21.1. The standard InChI is InChI=1S/C18H32O4/c1-7-19-17(20-8-2)15(5)13-11-12-14-16(6)18(21-9-3)22-10-4/h11-14,17-18H,7-10H2,1-6H3/b12-11+,15-13+,16-14+. The summed E-state index contributed by atoms with van der Waals surface area (Å²) in [7, 11) is 0. The van der Waals surface area contributed by atoms with Crippen LogP contribution in [0.25, 0.3) is 0 Å². The van der Waals surface area contributed by atoms with Gasteiger partial charge in [-0.3, -0.25) is 0 Å². The molecule has 22 heavy (non-hydrogen) atoms. The monoisotopic (exact) mass is 312 g/mol. The van der Waals surface area contributed by atoms with Crippen molar-refractivity contribution in [3.63, 3.8) is 0 Å². The molecule has 0 atom stereocenters. The van der Waals surface area contributed by atoms with Gasteiger partial charge in [-0.1, -0.05) is 24.3 Å². The minimum Gasteiger partial charge on any atom is -0.349 e. The summed E-state index contributed by atoms with van der Waals surface area (Å²) in [5.74, 6) is 0. The Morgan fingerprint density at radius 3 is 1.14 bits per heavy atom. The Bertz CT molecular complexity index is 312. The zero-order valence-electron chi connectivity index (χ0n) is 14.9. The van der Waals surface area contributed by atoms with Crippen LogP contribution in [0, 0.1) is 0 Å². The van der Waals surface area contributed by atoms with Gasteiger partial charge < -0.3 is 18.9 Å². The smallest absolute Gasteiger partial charge is 0.179 e. The van der Waals surface area contributed by atoms with Crippen LogP contribution in [-0.4, -0.2) is 39.0 Å². The van der Waals surface area contributed by atoms with Crippen LogP contribution < -0.4 is 0 Å². The van der Waals surface area contributed by atoms with E-state index >= 15 is 0 Å². The maximum atomic E-state index is 5.54. The third-order valence-electron chi connectivity index (χ3n) is 2.85. The van der Waals surface area contributed by atoms with Gasteiger partial charge in [0.15, 0.2) is 12.6 Å². The third kappa shape index (κ3) is 9.15. The lowest BCUT2D eigenvalue weighted by Crippen LogP contribution is -2.18. The Hall–Kier alpha value is -0.940. The fourth-order valence-corrected chi connectivity index (χ4v) is 1.80. The van der Waals surface area contributed by atoms with Crippen molar-refractivity contribution in [1.29, 1.82) is 0 Å². The van der Waals surface area contributed by atoms with Crippen LogP contribution in [0.15, 0.2) is 35.5 Å². The molecule has 0 N–H and O–H groups in total. The van der Waals surface area contributed by atoms with Crippen LogP contribution in [0.5, 0.6) is 0 Å². The fourth-order valence-electron chi connectivity index (χ4n) is 1.80. The second kappa shape index (κ2) is 13.7. The molecule has 0 aliphatic heterocycles. The van der Waals surface area contributed by atoms with Crippen molar-refractivity contribution in [3.8, 4) is 0 Å². The first-order chi connectivity index (χ1) is 10.6. The van der Waals surface area contributed by atoms with Gasteiger partial charge in [-0.15, -0.1) is 0 Å². The quantitative estimate of drug-likeness (QED) is 0.399.